The third kappa shape index (κ3) is 3.68. The number of nitrogens with one attached hydrogen (secondary N) is 2. The van der Waals surface area contributed by atoms with Gasteiger partial charge in [-0.2, -0.15) is 0 Å². The number of rotatable bonds is 3. The van der Waals surface area contributed by atoms with Crippen LogP contribution in [0.5, 0.6) is 0 Å². The van der Waals surface area contributed by atoms with Crippen LogP contribution in [0.1, 0.15) is 30.1 Å². The van der Waals surface area contributed by atoms with Gasteiger partial charge in [-0.05, 0) is 32.4 Å². The van der Waals surface area contributed by atoms with Gasteiger partial charge in [0.15, 0.2) is 0 Å². The molecule has 1 heterocycles. The molecule has 0 aliphatic carbocycles. The molecule has 0 aromatic heterocycles. The van der Waals surface area contributed by atoms with Crippen molar-refractivity contribution >= 4 is 24.0 Å². The highest BCUT2D eigenvalue weighted by Gasteiger charge is 2.25. The van der Waals surface area contributed by atoms with Gasteiger partial charge in [0.25, 0.3) is 11.6 Å². The molecule has 7 heteroatoms. The minimum atomic E-state index is -0.530. The van der Waals surface area contributed by atoms with Crippen molar-refractivity contribution in [3.05, 3.63) is 39.9 Å². The maximum atomic E-state index is 12.1. The second-order valence-electron chi connectivity index (χ2n) is 4.74. The molecule has 0 radical (unpaired) electrons. The fraction of sp³-hybridized carbons (Fsp3) is 0.462. The molecule has 2 rings (SSSR count). The Morgan fingerprint density at radius 2 is 2.15 bits per heavy atom. The number of carbonyl (C=O) groups is 1. The normalized spacial score (nSPS) is 21.6. The molecule has 1 fully saturated rings. The lowest BCUT2D eigenvalue weighted by Gasteiger charge is -2.30. The van der Waals surface area contributed by atoms with Crippen LogP contribution >= 0.6 is 12.4 Å². The second kappa shape index (κ2) is 7.21. The summed E-state index contributed by atoms with van der Waals surface area (Å²) in [4.78, 5) is 22.5. The Balaban J connectivity index is 0.00000200. The van der Waals surface area contributed by atoms with Crippen LogP contribution in [-0.2, 0) is 0 Å². The largest absolute Gasteiger partial charge is 0.348 e. The standard InChI is InChI=1S/C13H17N3O3.ClH/c1-9-11(6-4-8-14-9)15-13(17)10-5-2-3-7-12(10)16(18)19;/h2-3,5,7,9,11,14H,4,6,8H2,1H3,(H,15,17);1H. The summed E-state index contributed by atoms with van der Waals surface area (Å²) in [6, 6.07) is 6.21. The number of nitro groups is 1. The lowest BCUT2D eigenvalue weighted by molar-refractivity contribution is -0.385. The summed E-state index contributed by atoms with van der Waals surface area (Å²) in [6.07, 6.45) is 1.88. The number of para-hydroxylation sites is 1. The quantitative estimate of drug-likeness (QED) is 0.659. The van der Waals surface area contributed by atoms with Gasteiger partial charge in [-0.25, -0.2) is 0 Å². The van der Waals surface area contributed by atoms with Crippen LogP contribution in [0.25, 0.3) is 0 Å². The maximum absolute atomic E-state index is 12.1. The van der Waals surface area contributed by atoms with Gasteiger partial charge in [0.1, 0.15) is 5.56 Å². The van der Waals surface area contributed by atoms with Crippen molar-refractivity contribution in [3.8, 4) is 0 Å². The molecule has 0 saturated carbocycles. The first-order valence-corrected chi connectivity index (χ1v) is 6.37. The number of halogens is 1. The van der Waals surface area contributed by atoms with E-state index in [1.165, 1.54) is 12.1 Å². The molecule has 1 amide bonds. The Hall–Kier alpha value is -1.66. The van der Waals surface area contributed by atoms with Crippen LogP contribution in [0.3, 0.4) is 0 Å². The van der Waals surface area contributed by atoms with Crippen LogP contribution in [0.4, 0.5) is 5.69 Å². The average Bonchev–Trinajstić information content (AvgIpc) is 2.41. The Labute approximate surface area is 123 Å². The lowest BCUT2D eigenvalue weighted by Crippen LogP contribution is -2.51. The average molecular weight is 300 g/mol. The molecule has 2 atom stereocenters. The minimum absolute atomic E-state index is 0. The molecule has 1 aliphatic heterocycles. The van der Waals surface area contributed by atoms with Crippen LogP contribution in [0, 0.1) is 10.1 Å². The fourth-order valence-corrected chi connectivity index (χ4v) is 2.31. The van der Waals surface area contributed by atoms with Gasteiger partial charge in [-0.1, -0.05) is 12.1 Å². The first-order chi connectivity index (χ1) is 9.09. The van der Waals surface area contributed by atoms with Crippen molar-refractivity contribution < 1.29 is 9.72 Å². The van der Waals surface area contributed by atoms with Crippen molar-refractivity contribution in [1.29, 1.82) is 0 Å². The van der Waals surface area contributed by atoms with Crippen molar-refractivity contribution in [2.45, 2.75) is 31.8 Å². The predicted octanol–water partition coefficient (Wildman–Crippen LogP) is 1.89. The zero-order chi connectivity index (χ0) is 13.8. The zero-order valence-corrected chi connectivity index (χ0v) is 12.0. The number of hydrogen-bond donors (Lipinski definition) is 2. The topological polar surface area (TPSA) is 84.3 Å². The third-order valence-electron chi connectivity index (χ3n) is 3.42. The molecule has 0 bridgehead atoms. The Kier molecular flexibility index (Phi) is 5.91. The summed E-state index contributed by atoms with van der Waals surface area (Å²) in [5.74, 6) is -0.382. The molecular weight excluding hydrogens is 282 g/mol. The van der Waals surface area contributed by atoms with Gasteiger partial charge >= 0.3 is 0 Å². The first-order valence-electron chi connectivity index (χ1n) is 6.37. The predicted molar refractivity (Wildman–Crippen MR) is 78.3 cm³/mol. The molecule has 1 aliphatic rings. The summed E-state index contributed by atoms with van der Waals surface area (Å²) in [5.41, 5.74) is -0.0401. The van der Waals surface area contributed by atoms with E-state index in [1.807, 2.05) is 6.92 Å². The Morgan fingerprint density at radius 3 is 2.80 bits per heavy atom. The van der Waals surface area contributed by atoms with E-state index in [0.717, 1.165) is 19.4 Å². The van der Waals surface area contributed by atoms with E-state index >= 15 is 0 Å². The van der Waals surface area contributed by atoms with Crippen LogP contribution < -0.4 is 10.6 Å². The van der Waals surface area contributed by atoms with E-state index in [9.17, 15) is 14.9 Å². The van der Waals surface area contributed by atoms with E-state index in [1.54, 1.807) is 12.1 Å². The summed E-state index contributed by atoms with van der Waals surface area (Å²) in [6.45, 7) is 2.95. The van der Waals surface area contributed by atoms with E-state index in [-0.39, 0.29) is 41.6 Å². The number of hydrogen-bond acceptors (Lipinski definition) is 4. The smallest absolute Gasteiger partial charge is 0.282 e. The van der Waals surface area contributed by atoms with Gasteiger partial charge in [0.2, 0.25) is 0 Å². The van der Waals surface area contributed by atoms with E-state index in [4.69, 9.17) is 0 Å². The number of carbonyl (C=O) groups excluding carboxylic acids is 1. The Morgan fingerprint density at radius 1 is 1.45 bits per heavy atom. The number of amides is 1. The lowest BCUT2D eigenvalue weighted by atomic mass is 9.99. The molecule has 20 heavy (non-hydrogen) atoms. The van der Waals surface area contributed by atoms with Gasteiger partial charge < -0.3 is 10.6 Å². The van der Waals surface area contributed by atoms with Gasteiger partial charge in [0.05, 0.1) is 4.92 Å². The Bertz CT molecular complexity index is 496. The molecule has 1 aromatic carbocycles. The third-order valence-corrected chi connectivity index (χ3v) is 3.42. The van der Waals surface area contributed by atoms with Crippen LogP contribution in [0.2, 0.25) is 0 Å². The second-order valence-corrected chi connectivity index (χ2v) is 4.74. The molecule has 1 aromatic rings. The molecule has 2 N–H and O–H groups in total. The van der Waals surface area contributed by atoms with Crippen molar-refractivity contribution in [1.82, 2.24) is 10.6 Å². The first kappa shape index (κ1) is 16.4. The summed E-state index contributed by atoms with van der Waals surface area (Å²) in [5, 5.41) is 17.0. The highest BCUT2D eigenvalue weighted by molar-refractivity contribution is 5.98. The summed E-state index contributed by atoms with van der Waals surface area (Å²) < 4.78 is 0. The van der Waals surface area contributed by atoms with Crippen LogP contribution in [-0.4, -0.2) is 29.5 Å². The zero-order valence-electron chi connectivity index (χ0n) is 11.2. The van der Waals surface area contributed by atoms with Gasteiger partial charge in [-0.15, -0.1) is 12.4 Å². The monoisotopic (exact) mass is 299 g/mol. The SMILES string of the molecule is CC1NCCCC1NC(=O)c1ccccc1[N+](=O)[O-].Cl. The van der Waals surface area contributed by atoms with Gasteiger partial charge in [0, 0.05) is 18.2 Å². The molecule has 2 unspecified atom stereocenters. The van der Waals surface area contributed by atoms with Crippen molar-refractivity contribution in [3.63, 3.8) is 0 Å². The minimum Gasteiger partial charge on any atom is -0.348 e. The molecule has 110 valence electrons. The molecule has 6 nitrogen and oxygen atoms in total. The number of nitrogens with zero attached hydrogens (tertiary/aromatic N) is 1. The fourth-order valence-electron chi connectivity index (χ4n) is 2.31. The highest BCUT2D eigenvalue weighted by Crippen LogP contribution is 2.18. The summed E-state index contributed by atoms with van der Waals surface area (Å²) >= 11 is 0. The maximum Gasteiger partial charge on any atom is 0.282 e. The number of benzene rings is 1. The molecule has 1 saturated heterocycles. The molecule has 0 spiro atoms. The van der Waals surface area contributed by atoms with E-state index in [0.29, 0.717) is 0 Å². The van der Waals surface area contributed by atoms with E-state index < -0.39 is 4.92 Å². The summed E-state index contributed by atoms with van der Waals surface area (Å²) in [7, 11) is 0. The van der Waals surface area contributed by atoms with Crippen LogP contribution in [0.15, 0.2) is 24.3 Å². The van der Waals surface area contributed by atoms with Crippen molar-refractivity contribution in [2.24, 2.45) is 0 Å². The number of piperidine rings is 1. The number of nitro benzene ring substituents is 1. The van der Waals surface area contributed by atoms with Crippen molar-refractivity contribution in [2.75, 3.05) is 6.54 Å². The molecular formula is C13H18ClN3O3. The van der Waals surface area contributed by atoms with E-state index in [2.05, 4.69) is 10.6 Å². The van der Waals surface area contributed by atoms with Gasteiger partial charge in [-0.3, -0.25) is 14.9 Å². The highest BCUT2D eigenvalue weighted by atomic mass is 35.5.